The van der Waals surface area contributed by atoms with E-state index in [1.54, 1.807) is 31.7 Å². The quantitative estimate of drug-likeness (QED) is 0.447. The zero-order chi connectivity index (χ0) is 19.0. The minimum absolute atomic E-state index is 0.663. The molecule has 2 aliphatic rings. The second kappa shape index (κ2) is 5.90. The third-order valence-corrected chi connectivity index (χ3v) is 15.1. The Morgan fingerprint density at radius 1 is 0.769 bits per heavy atom. The van der Waals surface area contributed by atoms with Crippen molar-refractivity contribution in [1.82, 2.24) is 0 Å². The molecule has 0 saturated carbocycles. The van der Waals surface area contributed by atoms with Gasteiger partial charge in [0.05, 0.1) is 16.1 Å². The van der Waals surface area contributed by atoms with Crippen LogP contribution in [0.4, 0.5) is 0 Å². The third kappa shape index (κ3) is 2.72. The van der Waals surface area contributed by atoms with Gasteiger partial charge in [0.15, 0.2) is 0 Å². The van der Waals surface area contributed by atoms with Crippen LogP contribution in [0.15, 0.2) is 35.1 Å². The SMILES string of the molecule is CC1=CC([Si](C)(C)C2c3sc(C)cc3-c3cc(C)sc32)C=C1[Si](C)(C)C. The van der Waals surface area contributed by atoms with Crippen molar-refractivity contribution >= 4 is 38.8 Å². The molecule has 2 heterocycles. The zero-order valence-electron chi connectivity index (χ0n) is 17.3. The summed E-state index contributed by atoms with van der Waals surface area (Å²) in [6.45, 7) is 19.6. The molecule has 2 aliphatic carbocycles. The van der Waals surface area contributed by atoms with Crippen molar-refractivity contribution in [3.8, 4) is 11.1 Å². The molecule has 4 rings (SSSR count). The summed E-state index contributed by atoms with van der Waals surface area (Å²) in [5, 5.41) is 1.70. The summed E-state index contributed by atoms with van der Waals surface area (Å²) >= 11 is 4.11. The van der Waals surface area contributed by atoms with Crippen molar-refractivity contribution in [3.63, 3.8) is 0 Å². The Labute approximate surface area is 168 Å². The molecule has 1 atom stereocenters. The van der Waals surface area contributed by atoms with E-state index in [1.165, 1.54) is 9.75 Å². The van der Waals surface area contributed by atoms with Gasteiger partial charge in [0.1, 0.15) is 0 Å². The highest BCUT2D eigenvalue weighted by atomic mass is 32.1. The van der Waals surface area contributed by atoms with Crippen molar-refractivity contribution in [2.75, 3.05) is 0 Å². The highest BCUT2D eigenvalue weighted by molar-refractivity contribution is 7.16. The fraction of sp³-hybridized carbons (Fsp3) is 0.455. The number of aryl methyl sites for hydroxylation is 2. The van der Waals surface area contributed by atoms with E-state index in [-0.39, 0.29) is 0 Å². The van der Waals surface area contributed by atoms with Crippen LogP contribution in [0.25, 0.3) is 11.1 Å². The molecule has 0 bridgehead atoms. The molecule has 2 aromatic heterocycles. The Kier molecular flexibility index (Phi) is 4.24. The highest BCUT2D eigenvalue weighted by Gasteiger charge is 2.47. The van der Waals surface area contributed by atoms with Crippen molar-refractivity contribution in [1.29, 1.82) is 0 Å². The summed E-state index contributed by atoms with van der Waals surface area (Å²) in [5.41, 5.74) is 5.99. The molecule has 4 heteroatoms. The lowest BCUT2D eigenvalue weighted by atomic mass is 10.2. The van der Waals surface area contributed by atoms with Crippen LogP contribution in [0.2, 0.25) is 38.3 Å². The van der Waals surface area contributed by atoms with E-state index in [0.717, 1.165) is 0 Å². The average molecular weight is 415 g/mol. The maximum atomic E-state index is 2.69. The third-order valence-electron chi connectivity index (χ3n) is 6.19. The van der Waals surface area contributed by atoms with Crippen molar-refractivity contribution in [2.24, 2.45) is 0 Å². The van der Waals surface area contributed by atoms with E-state index in [2.05, 4.69) is 100 Å². The molecule has 2 aromatic rings. The van der Waals surface area contributed by atoms with Crippen molar-refractivity contribution < 1.29 is 0 Å². The standard InChI is InChI=1S/C22H30S2Si2/c1-13-9-16(12-19(13)25(4,5)6)26(7,8)22-20-17(10-14(2)23-20)18-11-15(3)24-21(18)22/h9-12,16,22H,1-8H3. The van der Waals surface area contributed by atoms with Crippen molar-refractivity contribution in [3.05, 3.63) is 54.6 Å². The minimum atomic E-state index is -1.59. The van der Waals surface area contributed by atoms with Crippen LogP contribution in [0, 0.1) is 13.8 Å². The van der Waals surface area contributed by atoms with Gasteiger partial charge in [-0.3, -0.25) is 0 Å². The van der Waals surface area contributed by atoms with Gasteiger partial charge >= 0.3 is 0 Å². The molecular formula is C22H30S2Si2. The topological polar surface area (TPSA) is 0 Å². The summed E-state index contributed by atoms with van der Waals surface area (Å²) in [6, 6.07) is 4.88. The molecule has 0 saturated heterocycles. The molecule has 0 nitrogen and oxygen atoms in total. The normalized spacial score (nSPS) is 20.2. The van der Waals surface area contributed by atoms with Gasteiger partial charge in [-0.1, -0.05) is 55.7 Å². The molecule has 0 radical (unpaired) electrons. The van der Waals surface area contributed by atoms with Crippen LogP contribution in [-0.2, 0) is 0 Å². The maximum absolute atomic E-state index is 2.69. The second-order valence-corrected chi connectivity index (χ2v) is 22.2. The molecular weight excluding hydrogens is 385 g/mol. The van der Waals surface area contributed by atoms with E-state index in [4.69, 9.17) is 0 Å². The van der Waals surface area contributed by atoms with Gasteiger partial charge in [0.25, 0.3) is 0 Å². The Bertz CT molecular complexity index is 901. The van der Waals surface area contributed by atoms with E-state index >= 15 is 0 Å². The van der Waals surface area contributed by atoms with E-state index in [0.29, 0.717) is 11.1 Å². The van der Waals surface area contributed by atoms with Gasteiger partial charge < -0.3 is 0 Å². The number of hydrogen-bond acceptors (Lipinski definition) is 2. The molecule has 0 N–H and O–H groups in total. The Morgan fingerprint density at radius 2 is 1.27 bits per heavy atom. The monoisotopic (exact) mass is 414 g/mol. The first-order chi connectivity index (χ1) is 12.0. The molecule has 0 amide bonds. The molecule has 26 heavy (non-hydrogen) atoms. The second-order valence-electron chi connectivity index (χ2n) is 9.73. The maximum Gasteiger partial charge on any atom is 0.0775 e. The van der Waals surface area contributed by atoms with Crippen molar-refractivity contribution in [2.45, 2.75) is 64.6 Å². The lowest BCUT2D eigenvalue weighted by Gasteiger charge is -2.34. The van der Waals surface area contributed by atoms with Gasteiger partial charge in [-0.25, -0.2) is 0 Å². The average Bonchev–Trinajstić information content (AvgIpc) is 3.19. The van der Waals surface area contributed by atoms with E-state index < -0.39 is 16.1 Å². The largest absolute Gasteiger partial charge is 0.145 e. The number of allylic oxidation sites excluding steroid dienone is 4. The molecule has 0 aromatic carbocycles. The lowest BCUT2D eigenvalue weighted by molar-refractivity contribution is 1.11. The number of hydrogen-bond donors (Lipinski definition) is 0. The molecule has 0 fully saturated rings. The zero-order valence-corrected chi connectivity index (χ0v) is 20.9. The smallest absolute Gasteiger partial charge is 0.0775 e. The van der Waals surface area contributed by atoms with Gasteiger partial charge in [-0.2, -0.15) is 0 Å². The Hall–Kier alpha value is -0.686. The summed E-state index contributed by atoms with van der Waals surface area (Å²) in [6.07, 6.45) is 5.31. The summed E-state index contributed by atoms with van der Waals surface area (Å²) in [7, 11) is -2.85. The predicted octanol–water partition coefficient (Wildman–Crippen LogP) is 7.92. The van der Waals surface area contributed by atoms with E-state index in [9.17, 15) is 0 Å². The van der Waals surface area contributed by atoms with E-state index in [1.807, 2.05) is 0 Å². The fourth-order valence-corrected chi connectivity index (χ4v) is 14.7. The summed E-state index contributed by atoms with van der Waals surface area (Å²) < 4.78 is 0. The van der Waals surface area contributed by atoms with Gasteiger partial charge in [0, 0.05) is 25.0 Å². The van der Waals surface area contributed by atoms with Crippen LogP contribution in [0.3, 0.4) is 0 Å². The minimum Gasteiger partial charge on any atom is -0.145 e. The van der Waals surface area contributed by atoms with Crippen LogP contribution >= 0.6 is 22.7 Å². The van der Waals surface area contributed by atoms with Crippen LogP contribution in [0.1, 0.15) is 32.0 Å². The number of fused-ring (bicyclic) bond motifs is 3. The summed E-state index contributed by atoms with van der Waals surface area (Å²) in [5.74, 6) is 0. The number of rotatable bonds is 3. The van der Waals surface area contributed by atoms with Gasteiger partial charge in [-0.15, -0.1) is 22.7 Å². The fourth-order valence-electron chi connectivity index (χ4n) is 4.89. The molecule has 0 aliphatic heterocycles. The van der Waals surface area contributed by atoms with Crippen LogP contribution in [-0.4, -0.2) is 16.1 Å². The van der Waals surface area contributed by atoms with Crippen LogP contribution < -0.4 is 0 Å². The highest BCUT2D eigenvalue weighted by Crippen LogP contribution is 2.58. The summed E-state index contributed by atoms with van der Waals surface area (Å²) in [4.78, 5) is 6.27. The Balaban J connectivity index is 1.83. The Morgan fingerprint density at radius 3 is 1.69 bits per heavy atom. The first-order valence-electron chi connectivity index (χ1n) is 9.62. The van der Waals surface area contributed by atoms with Crippen LogP contribution in [0.5, 0.6) is 0 Å². The first kappa shape index (κ1) is 18.7. The first-order valence-corrected chi connectivity index (χ1v) is 17.9. The van der Waals surface area contributed by atoms with Gasteiger partial charge in [-0.05, 0) is 49.6 Å². The molecule has 138 valence electrons. The molecule has 0 spiro atoms. The lowest BCUT2D eigenvalue weighted by Crippen LogP contribution is -2.38. The predicted molar refractivity (Wildman–Crippen MR) is 125 cm³/mol. The molecule has 1 unspecified atom stereocenters. The number of thiophene rings is 2. The van der Waals surface area contributed by atoms with Gasteiger partial charge in [0.2, 0.25) is 0 Å².